The second-order valence-corrected chi connectivity index (χ2v) is 7.82. The van der Waals surface area contributed by atoms with Gasteiger partial charge in [0.25, 0.3) is 5.91 Å². The summed E-state index contributed by atoms with van der Waals surface area (Å²) >= 11 is 0. The molecule has 0 atom stereocenters. The van der Waals surface area contributed by atoms with E-state index in [9.17, 15) is 18.0 Å². The molecule has 1 N–H and O–H groups in total. The fourth-order valence-electron chi connectivity index (χ4n) is 2.21. The fourth-order valence-corrected chi connectivity index (χ4v) is 3.08. The summed E-state index contributed by atoms with van der Waals surface area (Å²) in [6, 6.07) is 12.8. The normalized spacial score (nSPS) is 10.9. The number of carbonyl (C=O) groups excluding carboxylic acids is 2. The highest BCUT2D eigenvalue weighted by molar-refractivity contribution is 7.90. The molecule has 0 spiro atoms. The van der Waals surface area contributed by atoms with Crippen molar-refractivity contribution in [3.8, 4) is 0 Å². The van der Waals surface area contributed by atoms with E-state index in [1.807, 2.05) is 31.1 Å². The minimum atomic E-state index is -3.58. The Kier molecular flexibility index (Phi) is 5.99. The molecule has 0 heterocycles. The molecule has 0 unspecified atom stereocenters. The summed E-state index contributed by atoms with van der Waals surface area (Å²) < 4.78 is 28.4. The van der Waals surface area contributed by atoms with Crippen molar-refractivity contribution in [1.29, 1.82) is 0 Å². The van der Waals surface area contributed by atoms with Gasteiger partial charge >= 0.3 is 5.97 Å². The highest BCUT2D eigenvalue weighted by Crippen LogP contribution is 2.17. The van der Waals surface area contributed by atoms with E-state index < -0.39 is 28.3 Å². The number of benzene rings is 2. The van der Waals surface area contributed by atoms with Gasteiger partial charge in [0.2, 0.25) is 0 Å². The van der Waals surface area contributed by atoms with Crippen LogP contribution < -0.4 is 10.2 Å². The molecule has 0 aliphatic rings. The topological polar surface area (TPSA) is 92.8 Å². The predicted octanol–water partition coefficient (Wildman–Crippen LogP) is 1.95. The maximum Gasteiger partial charge on any atom is 0.339 e. The van der Waals surface area contributed by atoms with Gasteiger partial charge in [-0.2, -0.15) is 0 Å². The Balaban J connectivity index is 1.98. The van der Waals surface area contributed by atoms with Gasteiger partial charge in [0.15, 0.2) is 16.4 Å². The van der Waals surface area contributed by atoms with Gasteiger partial charge in [-0.15, -0.1) is 0 Å². The number of nitrogens with one attached hydrogen (secondary N) is 1. The molecule has 2 rings (SSSR count). The van der Waals surface area contributed by atoms with Crippen LogP contribution in [0.1, 0.15) is 10.4 Å². The minimum Gasteiger partial charge on any atom is -0.452 e. The summed E-state index contributed by atoms with van der Waals surface area (Å²) in [6.45, 7) is -0.521. The molecule has 0 aliphatic carbocycles. The number of hydrogen-bond acceptors (Lipinski definition) is 6. The summed E-state index contributed by atoms with van der Waals surface area (Å²) in [4.78, 5) is 25.8. The van der Waals surface area contributed by atoms with Gasteiger partial charge in [-0.05, 0) is 36.4 Å². The first-order chi connectivity index (χ1) is 12.2. The SMILES string of the molecule is CN(C)c1ccc(NC(=O)COC(=O)c2ccccc2S(C)(=O)=O)cc1. The second kappa shape index (κ2) is 8.01. The van der Waals surface area contributed by atoms with Crippen LogP contribution in [-0.2, 0) is 19.4 Å². The maximum atomic E-state index is 12.1. The standard InChI is InChI=1S/C18H20N2O5S/c1-20(2)14-10-8-13(9-11-14)19-17(21)12-25-18(22)15-6-4-5-7-16(15)26(3,23)24/h4-11H,12H2,1-3H3,(H,19,21). The van der Waals surface area contributed by atoms with Crippen molar-refractivity contribution >= 4 is 33.1 Å². The number of amides is 1. The van der Waals surface area contributed by atoms with Crippen LogP contribution in [0, 0.1) is 0 Å². The van der Waals surface area contributed by atoms with Crippen molar-refractivity contribution in [2.24, 2.45) is 0 Å². The molecule has 0 saturated heterocycles. The van der Waals surface area contributed by atoms with Gasteiger partial charge in [-0.3, -0.25) is 4.79 Å². The fraction of sp³-hybridized carbons (Fsp3) is 0.222. The van der Waals surface area contributed by atoms with Crippen molar-refractivity contribution in [3.05, 3.63) is 54.1 Å². The second-order valence-electron chi connectivity index (χ2n) is 5.83. The van der Waals surface area contributed by atoms with Crippen molar-refractivity contribution in [3.63, 3.8) is 0 Å². The van der Waals surface area contributed by atoms with Crippen LogP contribution in [0.3, 0.4) is 0 Å². The number of sulfone groups is 1. The quantitative estimate of drug-likeness (QED) is 0.775. The van der Waals surface area contributed by atoms with Crippen LogP contribution >= 0.6 is 0 Å². The van der Waals surface area contributed by atoms with E-state index in [-0.39, 0.29) is 10.5 Å². The zero-order chi connectivity index (χ0) is 19.3. The van der Waals surface area contributed by atoms with E-state index in [1.54, 1.807) is 12.1 Å². The molecule has 26 heavy (non-hydrogen) atoms. The Labute approximate surface area is 152 Å². The molecule has 0 bridgehead atoms. The first-order valence-corrected chi connectivity index (χ1v) is 9.61. The van der Waals surface area contributed by atoms with Crippen molar-refractivity contribution in [2.45, 2.75) is 4.90 Å². The number of hydrogen-bond donors (Lipinski definition) is 1. The zero-order valence-corrected chi connectivity index (χ0v) is 15.5. The van der Waals surface area contributed by atoms with E-state index in [2.05, 4.69) is 5.32 Å². The Bertz CT molecular complexity index is 905. The molecule has 0 aliphatic heterocycles. The van der Waals surface area contributed by atoms with Crippen LogP contribution in [0.15, 0.2) is 53.4 Å². The van der Waals surface area contributed by atoms with Crippen LogP contribution in [0.4, 0.5) is 11.4 Å². The number of ether oxygens (including phenoxy) is 1. The lowest BCUT2D eigenvalue weighted by Gasteiger charge is -2.13. The van der Waals surface area contributed by atoms with Gasteiger partial charge in [0, 0.05) is 31.7 Å². The van der Waals surface area contributed by atoms with Gasteiger partial charge in [-0.25, -0.2) is 13.2 Å². The molecule has 7 nitrogen and oxygen atoms in total. The number of nitrogens with zero attached hydrogens (tertiary/aromatic N) is 1. The molecule has 8 heteroatoms. The lowest BCUT2D eigenvalue weighted by atomic mass is 10.2. The highest BCUT2D eigenvalue weighted by atomic mass is 32.2. The molecule has 138 valence electrons. The Morgan fingerprint density at radius 3 is 2.23 bits per heavy atom. The van der Waals surface area contributed by atoms with Gasteiger partial charge < -0.3 is 15.0 Å². The molecular formula is C18H20N2O5S. The van der Waals surface area contributed by atoms with E-state index in [1.165, 1.54) is 24.3 Å². The molecule has 2 aromatic carbocycles. The zero-order valence-electron chi connectivity index (χ0n) is 14.7. The largest absolute Gasteiger partial charge is 0.452 e. The van der Waals surface area contributed by atoms with E-state index >= 15 is 0 Å². The van der Waals surface area contributed by atoms with Gasteiger partial charge in [0.05, 0.1) is 10.5 Å². The van der Waals surface area contributed by atoms with Crippen molar-refractivity contribution in [2.75, 3.05) is 37.2 Å². The summed E-state index contributed by atoms with van der Waals surface area (Å²) in [5.41, 5.74) is 1.44. The maximum absolute atomic E-state index is 12.1. The summed E-state index contributed by atoms with van der Waals surface area (Å²) in [5.74, 6) is -1.39. The monoisotopic (exact) mass is 376 g/mol. The van der Waals surface area contributed by atoms with Crippen LogP contribution in [-0.4, -0.2) is 47.3 Å². The number of anilines is 2. The lowest BCUT2D eigenvalue weighted by Crippen LogP contribution is -2.21. The first kappa shape index (κ1) is 19.5. The van der Waals surface area contributed by atoms with Crippen LogP contribution in [0.5, 0.6) is 0 Å². The van der Waals surface area contributed by atoms with E-state index in [0.717, 1.165) is 11.9 Å². The molecule has 1 amide bonds. The number of rotatable bonds is 6. The predicted molar refractivity (Wildman–Crippen MR) is 99.2 cm³/mol. The molecule has 0 saturated carbocycles. The average molecular weight is 376 g/mol. The summed E-state index contributed by atoms with van der Waals surface area (Å²) in [7, 11) is 0.226. The molecule has 0 radical (unpaired) electrons. The molecular weight excluding hydrogens is 356 g/mol. The Morgan fingerprint density at radius 1 is 1.04 bits per heavy atom. The average Bonchev–Trinajstić information content (AvgIpc) is 2.59. The van der Waals surface area contributed by atoms with Crippen molar-refractivity contribution in [1.82, 2.24) is 0 Å². The highest BCUT2D eigenvalue weighted by Gasteiger charge is 2.20. The lowest BCUT2D eigenvalue weighted by molar-refractivity contribution is -0.119. The smallest absolute Gasteiger partial charge is 0.339 e. The molecule has 0 aromatic heterocycles. The van der Waals surface area contributed by atoms with E-state index in [0.29, 0.717) is 5.69 Å². The third kappa shape index (κ3) is 5.06. The van der Waals surface area contributed by atoms with Gasteiger partial charge in [-0.1, -0.05) is 12.1 Å². The molecule has 0 fully saturated rings. The van der Waals surface area contributed by atoms with Crippen LogP contribution in [0.25, 0.3) is 0 Å². The van der Waals surface area contributed by atoms with E-state index in [4.69, 9.17) is 4.74 Å². The molecule has 2 aromatic rings. The Morgan fingerprint density at radius 2 is 1.65 bits per heavy atom. The van der Waals surface area contributed by atoms with Crippen molar-refractivity contribution < 1.29 is 22.7 Å². The number of esters is 1. The summed E-state index contributed by atoms with van der Waals surface area (Å²) in [6.07, 6.45) is 1.00. The third-order valence-electron chi connectivity index (χ3n) is 3.51. The third-order valence-corrected chi connectivity index (χ3v) is 4.66. The van der Waals surface area contributed by atoms with Gasteiger partial charge in [0.1, 0.15) is 0 Å². The van der Waals surface area contributed by atoms with Crippen LogP contribution in [0.2, 0.25) is 0 Å². The summed E-state index contributed by atoms with van der Waals surface area (Å²) in [5, 5.41) is 2.61. The Hall–Kier alpha value is -2.87. The first-order valence-electron chi connectivity index (χ1n) is 7.72. The minimum absolute atomic E-state index is 0.0989. The number of carbonyl (C=O) groups is 2.